The Labute approximate surface area is 69.7 Å². The Balaban J connectivity index is 3.78. The molecule has 0 saturated heterocycles. The molecule has 0 N–H and O–H groups in total. The lowest BCUT2D eigenvalue weighted by Crippen LogP contribution is -1.99. The van der Waals surface area contributed by atoms with Crippen molar-refractivity contribution in [2.75, 3.05) is 14.1 Å². The van der Waals surface area contributed by atoms with Crippen LogP contribution in [0.1, 0.15) is 13.3 Å². The second-order valence-corrected chi connectivity index (χ2v) is 2.66. The molecule has 0 aromatic rings. The number of nitrogens with zero attached hydrogens (tertiary/aromatic N) is 1. The highest BCUT2D eigenvalue weighted by molar-refractivity contribution is 5.26. The Morgan fingerprint density at radius 1 is 1.36 bits per heavy atom. The van der Waals surface area contributed by atoms with E-state index in [4.69, 9.17) is 0 Å². The first-order chi connectivity index (χ1) is 5.16. The third-order valence-electron chi connectivity index (χ3n) is 1.15. The molecule has 0 bridgehead atoms. The molecule has 0 spiro atoms. The molecule has 0 fully saturated rings. The number of hydrogen-bond acceptors (Lipinski definition) is 1. The molecule has 0 aliphatic rings. The van der Waals surface area contributed by atoms with Crippen molar-refractivity contribution in [2.45, 2.75) is 13.3 Å². The maximum Gasteiger partial charge on any atom is 0.00556 e. The fraction of sp³-hybridized carbons (Fsp3) is 0.400. The molecule has 0 radical (unpaired) electrons. The average Bonchev–Trinajstić information content (AvgIpc) is 1.97. The number of hydrogen-bond donors (Lipinski definition) is 0. The van der Waals surface area contributed by atoms with Gasteiger partial charge in [-0.3, -0.25) is 0 Å². The zero-order valence-electron chi connectivity index (χ0n) is 7.67. The van der Waals surface area contributed by atoms with Crippen LogP contribution in [0.3, 0.4) is 0 Å². The van der Waals surface area contributed by atoms with Gasteiger partial charge in [-0.15, -0.1) is 0 Å². The summed E-state index contributed by atoms with van der Waals surface area (Å²) in [7, 11) is 3.99. The molecule has 0 aliphatic heterocycles. The minimum absolute atomic E-state index is 1.04. The van der Waals surface area contributed by atoms with Crippen LogP contribution in [0.25, 0.3) is 0 Å². The van der Waals surface area contributed by atoms with E-state index in [1.54, 1.807) is 0 Å². The van der Waals surface area contributed by atoms with Crippen LogP contribution in [0.2, 0.25) is 0 Å². The van der Waals surface area contributed by atoms with E-state index in [9.17, 15) is 0 Å². The van der Waals surface area contributed by atoms with Gasteiger partial charge in [-0.1, -0.05) is 25.7 Å². The smallest absolute Gasteiger partial charge is 0.00556 e. The Bertz CT molecular complexity index is 164. The molecule has 0 aromatic carbocycles. The normalized spacial score (nSPS) is 11.2. The molecule has 0 amide bonds. The quantitative estimate of drug-likeness (QED) is 0.558. The summed E-state index contributed by atoms with van der Waals surface area (Å²) in [6.45, 7) is 5.97. The van der Waals surface area contributed by atoms with Crippen molar-refractivity contribution in [1.29, 1.82) is 0 Å². The average molecular weight is 151 g/mol. The molecule has 0 heterocycles. The predicted molar refractivity (Wildman–Crippen MR) is 51.4 cm³/mol. The van der Waals surface area contributed by atoms with Crippen LogP contribution in [0.5, 0.6) is 0 Å². The summed E-state index contributed by atoms with van der Waals surface area (Å²) in [4.78, 5) is 1.99. The van der Waals surface area contributed by atoms with Crippen LogP contribution in [0.15, 0.2) is 36.6 Å². The molecular weight excluding hydrogens is 134 g/mol. The van der Waals surface area contributed by atoms with Gasteiger partial charge < -0.3 is 4.90 Å². The fourth-order valence-corrected chi connectivity index (χ4v) is 0.570. The highest BCUT2D eigenvalue weighted by atomic mass is 15.0. The summed E-state index contributed by atoms with van der Waals surface area (Å²) >= 11 is 0. The van der Waals surface area contributed by atoms with Crippen molar-refractivity contribution in [3.8, 4) is 0 Å². The molecule has 0 aromatic heterocycles. The van der Waals surface area contributed by atoms with Crippen LogP contribution in [-0.2, 0) is 0 Å². The van der Waals surface area contributed by atoms with Gasteiger partial charge in [-0.05, 0) is 24.3 Å². The summed E-state index contributed by atoms with van der Waals surface area (Å²) in [6, 6.07) is 0. The third-order valence-corrected chi connectivity index (χ3v) is 1.15. The molecule has 1 nitrogen and oxygen atoms in total. The Hall–Kier alpha value is -0.980. The SMILES string of the molecule is C=C(/C=C\CC)/C=C\N(C)C. The minimum atomic E-state index is 1.04. The molecule has 0 atom stereocenters. The maximum atomic E-state index is 3.86. The van der Waals surface area contributed by atoms with E-state index in [2.05, 4.69) is 19.6 Å². The van der Waals surface area contributed by atoms with Crippen LogP contribution < -0.4 is 0 Å². The van der Waals surface area contributed by atoms with E-state index in [-0.39, 0.29) is 0 Å². The molecule has 0 rings (SSSR count). The van der Waals surface area contributed by atoms with Crippen molar-refractivity contribution in [2.24, 2.45) is 0 Å². The van der Waals surface area contributed by atoms with Crippen molar-refractivity contribution >= 4 is 0 Å². The lowest BCUT2D eigenvalue weighted by atomic mass is 10.2. The highest BCUT2D eigenvalue weighted by Crippen LogP contribution is 1.96. The highest BCUT2D eigenvalue weighted by Gasteiger charge is 1.79. The molecule has 0 aliphatic carbocycles. The Morgan fingerprint density at radius 2 is 2.00 bits per heavy atom. The minimum Gasteiger partial charge on any atom is -0.383 e. The molecule has 1 heteroatoms. The Morgan fingerprint density at radius 3 is 2.45 bits per heavy atom. The van der Waals surface area contributed by atoms with E-state index in [1.807, 2.05) is 37.3 Å². The topological polar surface area (TPSA) is 3.24 Å². The zero-order chi connectivity index (χ0) is 8.69. The zero-order valence-corrected chi connectivity index (χ0v) is 7.67. The molecular formula is C10H17N. The standard InChI is InChI=1S/C10H17N/c1-5-6-7-10(2)8-9-11(3)4/h6-9H,2,5H2,1,3-4H3/b7-6-,9-8-. The van der Waals surface area contributed by atoms with Gasteiger partial charge in [0.2, 0.25) is 0 Å². The summed E-state index contributed by atoms with van der Waals surface area (Å²) in [5.74, 6) is 0. The molecule has 62 valence electrons. The first-order valence-electron chi connectivity index (χ1n) is 3.87. The van der Waals surface area contributed by atoms with E-state index in [0.717, 1.165) is 12.0 Å². The lowest BCUT2D eigenvalue weighted by Gasteiger charge is -2.02. The second kappa shape index (κ2) is 5.78. The van der Waals surface area contributed by atoms with Crippen molar-refractivity contribution in [3.63, 3.8) is 0 Å². The monoisotopic (exact) mass is 151 g/mol. The van der Waals surface area contributed by atoms with E-state index in [0.29, 0.717) is 0 Å². The summed E-state index contributed by atoms with van der Waals surface area (Å²) in [6.07, 6.45) is 9.17. The van der Waals surface area contributed by atoms with Crippen LogP contribution in [0.4, 0.5) is 0 Å². The molecule has 0 unspecified atom stereocenters. The van der Waals surface area contributed by atoms with Crippen molar-refractivity contribution in [3.05, 3.63) is 36.6 Å². The van der Waals surface area contributed by atoms with Crippen LogP contribution >= 0.6 is 0 Å². The van der Waals surface area contributed by atoms with Gasteiger partial charge in [-0.25, -0.2) is 0 Å². The number of rotatable bonds is 4. The largest absolute Gasteiger partial charge is 0.383 e. The lowest BCUT2D eigenvalue weighted by molar-refractivity contribution is 0.563. The van der Waals surface area contributed by atoms with Crippen molar-refractivity contribution < 1.29 is 0 Å². The molecule has 11 heavy (non-hydrogen) atoms. The van der Waals surface area contributed by atoms with E-state index < -0.39 is 0 Å². The summed E-state index contributed by atoms with van der Waals surface area (Å²) < 4.78 is 0. The second-order valence-electron chi connectivity index (χ2n) is 2.66. The summed E-state index contributed by atoms with van der Waals surface area (Å²) in [5.41, 5.74) is 1.04. The van der Waals surface area contributed by atoms with Gasteiger partial charge in [0.05, 0.1) is 0 Å². The summed E-state index contributed by atoms with van der Waals surface area (Å²) in [5, 5.41) is 0. The van der Waals surface area contributed by atoms with Gasteiger partial charge in [0.15, 0.2) is 0 Å². The third kappa shape index (κ3) is 6.91. The predicted octanol–water partition coefficient (Wildman–Crippen LogP) is 2.58. The van der Waals surface area contributed by atoms with Gasteiger partial charge in [-0.2, -0.15) is 0 Å². The van der Waals surface area contributed by atoms with E-state index in [1.165, 1.54) is 0 Å². The van der Waals surface area contributed by atoms with Gasteiger partial charge in [0, 0.05) is 14.1 Å². The van der Waals surface area contributed by atoms with Crippen LogP contribution in [0, 0.1) is 0 Å². The maximum absolute atomic E-state index is 3.86. The van der Waals surface area contributed by atoms with Gasteiger partial charge in [0.25, 0.3) is 0 Å². The fourth-order valence-electron chi connectivity index (χ4n) is 0.570. The van der Waals surface area contributed by atoms with Gasteiger partial charge >= 0.3 is 0 Å². The number of allylic oxidation sites excluding steroid dienone is 4. The van der Waals surface area contributed by atoms with Gasteiger partial charge in [0.1, 0.15) is 0 Å². The Kier molecular flexibility index (Phi) is 5.26. The first kappa shape index (κ1) is 10.0. The van der Waals surface area contributed by atoms with Crippen LogP contribution in [-0.4, -0.2) is 19.0 Å². The first-order valence-corrected chi connectivity index (χ1v) is 3.87. The molecule has 0 saturated carbocycles. The van der Waals surface area contributed by atoms with Crippen molar-refractivity contribution in [1.82, 2.24) is 4.90 Å². The van der Waals surface area contributed by atoms with E-state index >= 15 is 0 Å².